The maximum absolute atomic E-state index is 15.1. The van der Waals surface area contributed by atoms with Gasteiger partial charge in [-0.25, -0.2) is 32.2 Å². The summed E-state index contributed by atoms with van der Waals surface area (Å²) in [6.07, 6.45) is 2.86. The van der Waals surface area contributed by atoms with Crippen molar-refractivity contribution in [1.29, 1.82) is 0 Å². The Bertz CT molecular complexity index is 1500. The summed E-state index contributed by atoms with van der Waals surface area (Å²) in [5.74, 6) is -2.81. The van der Waals surface area contributed by atoms with Crippen molar-refractivity contribution in [2.75, 3.05) is 10.5 Å². The van der Waals surface area contributed by atoms with Crippen LogP contribution in [0.4, 0.5) is 20.4 Å². The van der Waals surface area contributed by atoms with E-state index in [1.54, 1.807) is 42.5 Å². The summed E-state index contributed by atoms with van der Waals surface area (Å²) >= 11 is 0. The molecule has 0 aliphatic rings. The predicted octanol–water partition coefficient (Wildman–Crippen LogP) is 4.75. The largest absolute Gasteiger partial charge is 0.435 e. The van der Waals surface area contributed by atoms with Crippen LogP contribution in [0.1, 0.15) is 16.7 Å². The summed E-state index contributed by atoms with van der Waals surface area (Å²) in [6, 6.07) is 12.4. The Hall–Kier alpha value is -4.12. The van der Waals surface area contributed by atoms with Crippen LogP contribution in [0.15, 0.2) is 60.9 Å². The number of hydrogen-bond acceptors (Lipinski definition) is 7. The van der Waals surface area contributed by atoms with Crippen LogP contribution >= 0.6 is 0 Å². The van der Waals surface area contributed by atoms with Gasteiger partial charge in [0.15, 0.2) is 17.4 Å². The normalized spacial score (nSPS) is 11.3. The lowest BCUT2D eigenvalue weighted by Crippen LogP contribution is -2.17. The van der Waals surface area contributed by atoms with Crippen LogP contribution in [0.2, 0.25) is 0 Å². The molecule has 0 amide bonds. The Morgan fingerprint density at radius 2 is 1.77 bits per heavy atom. The number of nitrogen functional groups attached to an aromatic ring is 1. The van der Waals surface area contributed by atoms with Gasteiger partial charge in [-0.3, -0.25) is 4.72 Å². The van der Waals surface area contributed by atoms with E-state index in [4.69, 9.17) is 10.5 Å². The monoisotopic (exact) mass is 497 g/mol. The number of rotatable bonds is 7. The molecule has 3 N–H and O–H groups in total. The molecule has 2 aromatic heterocycles. The lowest BCUT2D eigenvalue weighted by molar-refractivity contribution is 0.420. The van der Waals surface area contributed by atoms with Crippen LogP contribution < -0.4 is 15.2 Å². The van der Waals surface area contributed by atoms with Crippen LogP contribution in [0.25, 0.3) is 11.3 Å². The van der Waals surface area contributed by atoms with E-state index in [1.807, 2.05) is 6.92 Å². The molecule has 0 aliphatic heterocycles. The average Bonchev–Trinajstić information content (AvgIpc) is 2.81. The molecule has 0 fully saturated rings. The van der Waals surface area contributed by atoms with Crippen molar-refractivity contribution in [3.63, 3.8) is 0 Å². The van der Waals surface area contributed by atoms with E-state index in [-0.39, 0.29) is 17.4 Å². The van der Waals surface area contributed by atoms with Crippen LogP contribution in [-0.2, 0) is 15.8 Å². The molecule has 0 saturated carbocycles. The van der Waals surface area contributed by atoms with Gasteiger partial charge in [0.1, 0.15) is 0 Å². The number of hydrogen-bond donors (Lipinski definition) is 2. The van der Waals surface area contributed by atoms with E-state index in [9.17, 15) is 8.42 Å². The fraction of sp³-hybridized carbons (Fsp3) is 0.125. The third-order valence-electron chi connectivity index (χ3n) is 5.06. The minimum absolute atomic E-state index is 0.0213. The number of aromatic nitrogens is 3. The maximum atomic E-state index is 15.1. The standard InChI is InChI=1S/C24H21F2N5O3S/c1-14-5-7-16(8-6-14)13-35(32,33)31-20-12-18(25)22(15(2)21(20)26)34-23-17(4-3-10-28-23)19-9-11-29-24(27)30-19/h3-12,31H,13H2,1-2H3,(H2,27,29,30). The molecular formula is C24H21F2N5O3S. The van der Waals surface area contributed by atoms with Crippen molar-refractivity contribution in [3.8, 4) is 22.9 Å². The molecule has 0 saturated heterocycles. The van der Waals surface area contributed by atoms with Gasteiger partial charge in [0, 0.05) is 24.0 Å². The quantitative estimate of drug-likeness (QED) is 0.378. The molecule has 0 radical (unpaired) electrons. The zero-order valence-corrected chi connectivity index (χ0v) is 19.6. The topological polar surface area (TPSA) is 120 Å². The SMILES string of the molecule is Cc1ccc(CS(=O)(=O)Nc2cc(F)c(Oc3ncccc3-c3ccnc(N)n3)c(C)c2F)cc1. The first-order valence-corrected chi connectivity index (χ1v) is 12.0. The van der Waals surface area contributed by atoms with Crippen LogP contribution in [-0.4, -0.2) is 23.4 Å². The number of nitrogens with two attached hydrogens (primary N) is 1. The zero-order chi connectivity index (χ0) is 25.2. The summed E-state index contributed by atoms with van der Waals surface area (Å²) in [6.45, 7) is 3.15. The smallest absolute Gasteiger partial charge is 0.237 e. The van der Waals surface area contributed by atoms with Gasteiger partial charge in [0.25, 0.3) is 0 Å². The summed E-state index contributed by atoms with van der Waals surface area (Å²) in [5.41, 5.74) is 7.11. The predicted molar refractivity (Wildman–Crippen MR) is 128 cm³/mol. The Morgan fingerprint density at radius 1 is 1.03 bits per heavy atom. The number of nitrogens with one attached hydrogen (secondary N) is 1. The highest BCUT2D eigenvalue weighted by molar-refractivity contribution is 7.91. The van der Waals surface area contributed by atoms with Crippen LogP contribution in [0.5, 0.6) is 11.6 Å². The summed E-state index contributed by atoms with van der Waals surface area (Å²) in [7, 11) is -4.01. The number of benzene rings is 2. The molecule has 35 heavy (non-hydrogen) atoms. The first-order valence-electron chi connectivity index (χ1n) is 10.4. The van der Waals surface area contributed by atoms with Gasteiger partial charge in [-0.1, -0.05) is 29.8 Å². The number of nitrogens with zero attached hydrogens (tertiary/aromatic N) is 3. The highest BCUT2D eigenvalue weighted by Gasteiger charge is 2.23. The second kappa shape index (κ2) is 9.63. The molecule has 0 spiro atoms. The lowest BCUT2D eigenvalue weighted by Gasteiger charge is -2.16. The Labute approximate surface area is 200 Å². The van der Waals surface area contributed by atoms with Gasteiger partial charge in [0.05, 0.1) is 22.7 Å². The number of anilines is 2. The molecule has 0 atom stereocenters. The van der Waals surface area contributed by atoms with Gasteiger partial charge in [-0.2, -0.15) is 0 Å². The fourth-order valence-corrected chi connectivity index (χ4v) is 4.52. The highest BCUT2D eigenvalue weighted by atomic mass is 32.2. The van der Waals surface area contributed by atoms with Crippen molar-refractivity contribution in [2.45, 2.75) is 19.6 Å². The Kier molecular flexibility index (Phi) is 6.61. The summed E-state index contributed by atoms with van der Waals surface area (Å²) in [5, 5.41) is 0. The molecule has 2 heterocycles. The molecule has 0 unspecified atom stereocenters. The molecule has 0 aliphatic carbocycles. The van der Waals surface area contributed by atoms with Crippen molar-refractivity contribution in [2.24, 2.45) is 0 Å². The average molecular weight is 498 g/mol. The van der Waals surface area contributed by atoms with Gasteiger partial charge < -0.3 is 10.5 Å². The lowest BCUT2D eigenvalue weighted by atomic mass is 10.1. The van der Waals surface area contributed by atoms with Crippen molar-refractivity contribution >= 4 is 21.7 Å². The van der Waals surface area contributed by atoms with E-state index >= 15 is 8.78 Å². The minimum Gasteiger partial charge on any atom is -0.435 e. The van der Waals surface area contributed by atoms with Crippen molar-refractivity contribution in [1.82, 2.24) is 15.0 Å². The molecule has 2 aromatic carbocycles. The maximum Gasteiger partial charge on any atom is 0.237 e. The van der Waals surface area contributed by atoms with E-state index in [0.717, 1.165) is 11.6 Å². The Balaban J connectivity index is 1.63. The number of pyridine rings is 1. The van der Waals surface area contributed by atoms with Gasteiger partial charge >= 0.3 is 0 Å². The van der Waals surface area contributed by atoms with Crippen LogP contribution in [0, 0.1) is 25.5 Å². The van der Waals surface area contributed by atoms with E-state index in [0.29, 0.717) is 16.8 Å². The van der Waals surface area contributed by atoms with Gasteiger partial charge in [-0.15, -0.1) is 0 Å². The molecular weight excluding hydrogens is 476 g/mol. The molecule has 0 bridgehead atoms. The summed E-state index contributed by atoms with van der Waals surface area (Å²) in [4.78, 5) is 12.0. The van der Waals surface area contributed by atoms with Crippen LogP contribution in [0.3, 0.4) is 0 Å². The van der Waals surface area contributed by atoms with Gasteiger partial charge in [-0.05, 0) is 37.6 Å². The first kappa shape index (κ1) is 24.0. The molecule has 8 nitrogen and oxygen atoms in total. The second-order valence-corrected chi connectivity index (χ2v) is 9.50. The third-order valence-corrected chi connectivity index (χ3v) is 6.30. The molecule has 11 heteroatoms. The number of aryl methyl sites for hydroxylation is 1. The highest BCUT2D eigenvalue weighted by Crippen LogP contribution is 2.36. The molecule has 4 rings (SSSR count). The molecule has 4 aromatic rings. The van der Waals surface area contributed by atoms with E-state index in [1.165, 1.54) is 19.3 Å². The van der Waals surface area contributed by atoms with E-state index < -0.39 is 38.8 Å². The minimum atomic E-state index is -4.01. The number of ether oxygens (including phenoxy) is 1. The molecule has 180 valence electrons. The zero-order valence-electron chi connectivity index (χ0n) is 18.8. The first-order chi connectivity index (χ1) is 16.6. The fourth-order valence-electron chi connectivity index (χ4n) is 3.33. The summed E-state index contributed by atoms with van der Waals surface area (Å²) < 4.78 is 63.0. The second-order valence-electron chi connectivity index (χ2n) is 7.78. The third kappa shape index (κ3) is 5.52. The van der Waals surface area contributed by atoms with E-state index in [2.05, 4.69) is 19.7 Å². The van der Waals surface area contributed by atoms with Crippen molar-refractivity contribution < 1.29 is 21.9 Å². The number of halogens is 2. The number of sulfonamides is 1. The van der Waals surface area contributed by atoms with Crippen molar-refractivity contribution in [3.05, 3.63) is 89.2 Å². The van der Waals surface area contributed by atoms with Gasteiger partial charge in [0.2, 0.25) is 21.9 Å². The Morgan fingerprint density at radius 3 is 2.49 bits per heavy atom.